The molecular formula is C12H14O5. The molecule has 0 heterocycles. The van der Waals surface area contributed by atoms with Crippen molar-refractivity contribution in [2.24, 2.45) is 0 Å². The fourth-order valence-corrected chi connectivity index (χ4v) is 1.02. The molecule has 5 nitrogen and oxygen atoms in total. The normalized spacial score (nSPS) is 15.2. The minimum atomic E-state index is -1.65. The zero-order chi connectivity index (χ0) is 16.3. The smallest absolute Gasteiger partial charge is 0.339 e. The molecule has 0 aliphatic rings. The molecule has 0 radical (unpaired) electrons. The molecule has 1 aromatic rings. The number of hydrogen-bond donors (Lipinski definition) is 2. The van der Waals surface area contributed by atoms with E-state index in [0.29, 0.717) is 0 Å². The molecular weight excluding hydrogens is 224 g/mol. The maximum absolute atomic E-state index is 11.9. The van der Waals surface area contributed by atoms with Gasteiger partial charge in [0.1, 0.15) is 0 Å². The summed E-state index contributed by atoms with van der Waals surface area (Å²) in [5, 5.41) is 18.1. The van der Waals surface area contributed by atoms with Gasteiger partial charge in [0, 0.05) is 6.42 Å². The van der Waals surface area contributed by atoms with E-state index in [2.05, 4.69) is 0 Å². The number of benzene rings is 1. The lowest BCUT2D eigenvalue weighted by Gasteiger charge is -2.08. The van der Waals surface area contributed by atoms with Crippen LogP contribution >= 0.6 is 0 Å². The molecule has 5 heteroatoms. The Labute approximate surface area is 104 Å². The summed E-state index contributed by atoms with van der Waals surface area (Å²) in [5.74, 6) is -2.82. The van der Waals surface area contributed by atoms with Crippen LogP contribution < -0.4 is 0 Å². The predicted octanol–water partition coefficient (Wildman–Crippen LogP) is 1.31. The molecule has 1 atom stereocenters. The van der Waals surface area contributed by atoms with Crippen LogP contribution in [0.5, 0.6) is 0 Å². The molecule has 0 amide bonds. The molecule has 92 valence electrons. The van der Waals surface area contributed by atoms with Crippen molar-refractivity contribution in [3.05, 3.63) is 35.3 Å². The number of hydrogen-bond acceptors (Lipinski definition) is 4. The van der Waals surface area contributed by atoms with Crippen LogP contribution in [-0.4, -0.2) is 34.9 Å². The summed E-state index contributed by atoms with van der Waals surface area (Å²) in [4.78, 5) is 23.0. The third kappa shape index (κ3) is 3.88. The molecule has 0 saturated heterocycles. The Morgan fingerprint density at radius 1 is 1.41 bits per heavy atom. The number of aliphatic hydroxyl groups is 1. The minimum absolute atomic E-state index is 0.124. The van der Waals surface area contributed by atoms with Gasteiger partial charge in [0.15, 0.2) is 0 Å². The zero-order valence-electron chi connectivity index (χ0n) is 13.1. The van der Waals surface area contributed by atoms with Gasteiger partial charge in [0.05, 0.1) is 29.3 Å². The summed E-state index contributed by atoms with van der Waals surface area (Å²) in [7, 11) is 0. The van der Waals surface area contributed by atoms with Gasteiger partial charge in [-0.15, -0.1) is 0 Å². The van der Waals surface area contributed by atoms with Gasteiger partial charge in [-0.25, -0.2) is 9.59 Å². The predicted molar refractivity (Wildman–Crippen MR) is 60.0 cm³/mol. The van der Waals surface area contributed by atoms with E-state index in [0.717, 1.165) is 0 Å². The zero-order valence-corrected chi connectivity index (χ0v) is 9.11. The van der Waals surface area contributed by atoms with Crippen LogP contribution in [0.25, 0.3) is 0 Å². The van der Waals surface area contributed by atoms with Crippen LogP contribution in [0, 0.1) is 0 Å². The van der Waals surface area contributed by atoms with Gasteiger partial charge in [-0.3, -0.25) is 0 Å². The van der Waals surface area contributed by atoms with E-state index in [1.165, 1.54) is 6.92 Å². The summed E-state index contributed by atoms with van der Waals surface area (Å²) < 4.78 is 34.8. The van der Waals surface area contributed by atoms with Crippen molar-refractivity contribution in [3.63, 3.8) is 0 Å². The van der Waals surface area contributed by atoms with Crippen molar-refractivity contribution >= 4 is 11.9 Å². The number of rotatable bonds is 5. The quantitative estimate of drug-likeness (QED) is 0.760. The molecule has 2 N–H and O–H groups in total. The summed E-state index contributed by atoms with van der Waals surface area (Å²) in [6.07, 6.45) is -0.597. The molecule has 17 heavy (non-hydrogen) atoms. The minimum Gasteiger partial charge on any atom is -0.478 e. The van der Waals surface area contributed by atoms with Crippen molar-refractivity contribution in [1.82, 2.24) is 0 Å². The maximum Gasteiger partial charge on any atom is 0.339 e. The highest BCUT2D eigenvalue weighted by molar-refractivity contribution is 6.02. The van der Waals surface area contributed by atoms with Gasteiger partial charge in [-0.2, -0.15) is 0 Å². The summed E-state index contributed by atoms with van der Waals surface area (Å²) in [6.45, 7) is 1.28. The number of aliphatic hydroxyl groups excluding tert-OH is 1. The SMILES string of the molecule is [2H]c1c([2H])c([2H])c(C(=O)OCCC(C)O)c(C(=O)O)c1[2H]. The Morgan fingerprint density at radius 2 is 2.00 bits per heavy atom. The first kappa shape index (κ1) is 8.25. The van der Waals surface area contributed by atoms with Crippen LogP contribution in [0.2, 0.25) is 0 Å². The van der Waals surface area contributed by atoms with Gasteiger partial charge >= 0.3 is 11.9 Å². The average molecular weight is 242 g/mol. The first-order valence-electron chi connectivity index (χ1n) is 6.87. The molecule has 1 unspecified atom stereocenters. The molecule has 0 fully saturated rings. The van der Waals surface area contributed by atoms with Crippen molar-refractivity contribution in [1.29, 1.82) is 0 Å². The second-order valence-electron chi connectivity index (χ2n) is 3.33. The fourth-order valence-electron chi connectivity index (χ4n) is 1.02. The molecule has 0 bridgehead atoms. The lowest BCUT2D eigenvalue weighted by Crippen LogP contribution is -2.14. The summed E-state index contributed by atoms with van der Waals surface area (Å²) >= 11 is 0. The number of esters is 1. The summed E-state index contributed by atoms with van der Waals surface area (Å²) in [5.41, 5.74) is -1.55. The Bertz CT molecular complexity index is 586. The van der Waals surface area contributed by atoms with Gasteiger partial charge in [-0.1, -0.05) is 12.1 Å². The second-order valence-corrected chi connectivity index (χ2v) is 3.33. The van der Waals surface area contributed by atoms with E-state index in [1.54, 1.807) is 0 Å². The van der Waals surface area contributed by atoms with E-state index in [1.807, 2.05) is 0 Å². The Kier molecular flexibility index (Phi) is 2.91. The highest BCUT2D eigenvalue weighted by Crippen LogP contribution is 2.10. The lowest BCUT2D eigenvalue weighted by atomic mass is 10.1. The number of aromatic carboxylic acids is 1. The van der Waals surface area contributed by atoms with Gasteiger partial charge < -0.3 is 14.9 Å². The van der Waals surface area contributed by atoms with Gasteiger partial charge in [0.2, 0.25) is 0 Å². The van der Waals surface area contributed by atoms with E-state index in [9.17, 15) is 9.59 Å². The number of carboxylic acid groups (broad SMARTS) is 1. The maximum atomic E-state index is 11.9. The molecule has 0 aliphatic heterocycles. The standard InChI is InChI=1S/C12H14O5/c1-8(13)6-7-17-12(16)10-5-3-2-4-9(10)11(14)15/h2-5,8,13H,6-7H2,1H3,(H,14,15)/i2D,3D,4D,5D. The number of carbonyl (C=O) groups is 2. The highest BCUT2D eigenvalue weighted by atomic mass is 16.5. The van der Waals surface area contributed by atoms with Crippen LogP contribution in [0.15, 0.2) is 24.2 Å². The monoisotopic (exact) mass is 242 g/mol. The first-order valence-corrected chi connectivity index (χ1v) is 4.87. The average Bonchev–Trinajstić information content (AvgIpc) is 2.39. The topological polar surface area (TPSA) is 83.8 Å². The molecule has 0 aliphatic carbocycles. The van der Waals surface area contributed by atoms with Crippen LogP contribution in [0.4, 0.5) is 0 Å². The summed E-state index contributed by atoms with van der Waals surface area (Å²) in [6, 6.07) is -3.04. The number of ether oxygens (including phenoxy) is 1. The molecule has 0 aromatic heterocycles. The van der Waals surface area contributed by atoms with Crippen molar-refractivity contribution < 1.29 is 30.0 Å². The Balaban J connectivity index is 3.27. The third-order valence-electron chi connectivity index (χ3n) is 1.87. The molecule has 0 spiro atoms. The Morgan fingerprint density at radius 3 is 2.53 bits per heavy atom. The Hall–Kier alpha value is -1.88. The van der Waals surface area contributed by atoms with E-state index in [4.69, 9.17) is 20.4 Å². The van der Waals surface area contributed by atoms with Crippen LogP contribution in [0.3, 0.4) is 0 Å². The third-order valence-corrected chi connectivity index (χ3v) is 1.87. The molecule has 1 rings (SSSR count). The number of carboxylic acids is 1. The molecule has 1 aromatic carbocycles. The van der Waals surface area contributed by atoms with Gasteiger partial charge in [-0.05, 0) is 19.0 Å². The van der Waals surface area contributed by atoms with Gasteiger partial charge in [0.25, 0.3) is 0 Å². The van der Waals surface area contributed by atoms with E-state index < -0.39 is 53.3 Å². The van der Waals surface area contributed by atoms with Crippen molar-refractivity contribution in [2.75, 3.05) is 6.61 Å². The largest absolute Gasteiger partial charge is 0.478 e. The number of carbonyl (C=O) groups excluding carboxylic acids is 1. The fraction of sp³-hybridized carbons (Fsp3) is 0.333. The van der Waals surface area contributed by atoms with Crippen LogP contribution in [-0.2, 0) is 4.74 Å². The van der Waals surface area contributed by atoms with Crippen molar-refractivity contribution in [3.8, 4) is 0 Å². The molecule has 0 saturated carbocycles. The van der Waals surface area contributed by atoms with Crippen molar-refractivity contribution in [2.45, 2.75) is 19.4 Å². The lowest BCUT2D eigenvalue weighted by molar-refractivity contribution is 0.0436. The van der Waals surface area contributed by atoms with E-state index >= 15 is 0 Å². The second kappa shape index (κ2) is 6.00. The van der Waals surface area contributed by atoms with Crippen LogP contribution in [0.1, 0.15) is 39.5 Å². The highest BCUT2D eigenvalue weighted by Gasteiger charge is 2.16. The van der Waals surface area contributed by atoms with E-state index in [-0.39, 0.29) is 13.0 Å². The first-order chi connectivity index (χ1) is 9.68.